The topological polar surface area (TPSA) is 63.9 Å². The molecule has 3 aromatic rings. The van der Waals surface area contributed by atoms with Gasteiger partial charge in [0.05, 0.1) is 11.3 Å². The van der Waals surface area contributed by atoms with Crippen LogP contribution >= 0.6 is 0 Å². The summed E-state index contributed by atoms with van der Waals surface area (Å²) < 4.78 is 14.7. The second-order valence-corrected chi connectivity index (χ2v) is 6.09. The number of aryl methyl sites for hydroxylation is 1. The molecule has 0 spiro atoms. The van der Waals surface area contributed by atoms with Crippen molar-refractivity contribution in [3.05, 3.63) is 77.5 Å². The molecule has 3 rings (SSSR count). The first-order valence-corrected chi connectivity index (χ1v) is 8.00. The van der Waals surface area contributed by atoms with Crippen LogP contribution in [0.3, 0.4) is 0 Å². The van der Waals surface area contributed by atoms with Crippen molar-refractivity contribution in [3.63, 3.8) is 0 Å². The number of allylic oxidation sites excluding steroid dienone is 1. The smallest absolute Gasteiger partial charge is 0.198 e. The minimum absolute atomic E-state index is 0.290. The fourth-order valence-electron chi connectivity index (χ4n) is 2.45. The maximum atomic E-state index is 13.2. The highest BCUT2D eigenvalue weighted by atomic mass is 19.1. The van der Waals surface area contributed by atoms with Gasteiger partial charge in [-0.25, -0.2) is 4.39 Å². The molecule has 132 valence electrons. The molecule has 0 saturated heterocycles. The number of carbonyl (C=O) groups is 1. The second kappa shape index (κ2) is 7.26. The average Bonchev–Trinajstić information content (AvgIpc) is 3.09. The fraction of sp³-hybridized carbons (Fsp3) is 0.158. The lowest BCUT2D eigenvalue weighted by atomic mass is 10.0. The van der Waals surface area contributed by atoms with Gasteiger partial charge in [0.2, 0.25) is 0 Å². The predicted octanol–water partition coefficient (Wildman–Crippen LogP) is 2.90. The number of ketones is 1. The number of halogens is 1. The number of tetrazole rings is 1. The first kappa shape index (κ1) is 17.5. The highest BCUT2D eigenvalue weighted by Crippen LogP contribution is 2.21. The molecule has 2 aromatic carbocycles. The standard InChI is InChI=1S/C19H18FN5O/c1-13-4-10-16(11-5-13)25-19(21-22-23-25)17(12-24(2)3)18(26)14-6-8-15(20)9-7-14/h4-12H,1-3H3. The Kier molecular flexibility index (Phi) is 4.88. The fourth-order valence-corrected chi connectivity index (χ4v) is 2.45. The zero-order valence-electron chi connectivity index (χ0n) is 14.7. The van der Waals surface area contributed by atoms with Gasteiger partial charge in [-0.15, -0.1) is 5.10 Å². The zero-order valence-corrected chi connectivity index (χ0v) is 14.7. The largest absolute Gasteiger partial charge is 0.383 e. The van der Waals surface area contributed by atoms with Crippen LogP contribution in [0, 0.1) is 12.7 Å². The molecule has 0 N–H and O–H groups in total. The quantitative estimate of drug-likeness (QED) is 0.522. The van der Waals surface area contributed by atoms with E-state index in [4.69, 9.17) is 0 Å². The van der Waals surface area contributed by atoms with Gasteiger partial charge in [-0.3, -0.25) is 4.79 Å². The van der Waals surface area contributed by atoms with Gasteiger partial charge in [0.15, 0.2) is 11.6 Å². The molecular weight excluding hydrogens is 333 g/mol. The van der Waals surface area contributed by atoms with Crippen LogP contribution in [-0.4, -0.2) is 45.0 Å². The Morgan fingerprint density at radius 1 is 1.08 bits per heavy atom. The van der Waals surface area contributed by atoms with E-state index in [1.165, 1.54) is 28.9 Å². The van der Waals surface area contributed by atoms with Gasteiger partial charge in [-0.05, 0) is 53.7 Å². The summed E-state index contributed by atoms with van der Waals surface area (Å²) in [5, 5.41) is 11.8. The maximum absolute atomic E-state index is 13.2. The van der Waals surface area contributed by atoms with Gasteiger partial charge < -0.3 is 4.90 Å². The average molecular weight is 351 g/mol. The van der Waals surface area contributed by atoms with Gasteiger partial charge in [-0.1, -0.05) is 17.7 Å². The number of Topliss-reactive ketones (excluding diaryl/α,β-unsaturated/α-hetero) is 1. The molecule has 0 bridgehead atoms. The monoisotopic (exact) mass is 351 g/mol. The van der Waals surface area contributed by atoms with Gasteiger partial charge in [0, 0.05) is 25.9 Å². The summed E-state index contributed by atoms with van der Waals surface area (Å²) in [7, 11) is 3.61. The molecule has 0 aliphatic heterocycles. The van der Waals surface area contributed by atoms with Gasteiger partial charge in [0.25, 0.3) is 0 Å². The van der Waals surface area contributed by atoms with E-state index in [0.717, 1.165) is 11.3 Å². The minimum Gasteiger partial charge on any atom is -0.383 e. The number of hydrogen-bond donors (Lipinski definition) is 0. The Morgan fingerprint density at radius 3 is 2.35 bits per heavy atom. The van der Waals surface area contributed by atoms with Crippen molar-refractivity contribution in [3.8, 4) is 5.69 Å². The summed E-state index contributed by atoms with van der Waals surface area (Å²) in [6, 6.07) is 13.0. The number of rotatable bonds is 5. The van der Waals surface area contributed by atoms with Crippen molar-refractivity contribution in [2.45, 2.75) is 6.92 Å². The van der Waals surface area contributed by atoms with Crippen molar-refractivity contribution < 1.29 is 9.18 Å². The molecule has 0 amide bonds. The molecule has 26 heavy (non-hydrogen) atoms. The third-order valence-electron chi connectivity index (χ3n) is 3.73. The molecule has 0 atom stereocenters. The second-order valence-electron chi connectivity index (χ2n) is 6.09. The Hall–Kier alpha value is -3.35. The van der Waals surface area contributed by atoms with Crippen LogP contribution in [0.1, 0.15) is 21.7 Å². The molecule has 1 aromatic heterocycles. The summed E-state index contributed by atoms with van der Waals surface area (Å²) in [6.07, 6.45) is 1.65. The van der Waals surface area contributed by atoms with E-state index in [1.807, 2.05) is 31.2 Å². The van der Waals surface area contributed by atoms with E-state index in [9.17, 15) is 9.18 Å². The molecule has 0 aliphatic rings. The number of carbonyl (C=O) groups excluding carboxylic acids is 1. The molecule has 0 aliphatic carbocycles. The van der Waals surface area contributed by atoms with Crippen LogP contribution in [0.2, 0.25) is 0 Å². The van der Waals surface area contributed by atoms with Crippen molar-refractivity contribution in [2.24, 2.45) is 0 Å². The third-order valence-corrected chi connectivity index (χ3v) is 3.73. The number of hydrogen-bond acceptors (Lipinski definition) is 5. The molecule has 0 unspecified atom stereocenters. The number of benzene rings is 2. The molecule has 0 radical (unpaired) electrons. The highest BCUT2D eigenvalue weighted by Gasteiger charge is 2.22. The summed E-state index contributed by atoms with van der Waals surface area (Å²) in [4.78, 5) is 14.7. The normalized spacial score (nSPS) is 11.5. The van der Waals surface area contributed by atoms with Crippen LogP contribution in [0.5, 0.6) is 0 Å². The lowest BCUT2D eigenvalue weighted by Crippen LogP contribution is -2.13. The number of aromatic nitrogens is 4. The molecule has 7 heteroatoms. The molecular formula is C19H18FN5O. The lowest BCUT2D eigenvalue weighted by molar-refractivity contribution is 0.105. The van der Waals surface area contributed by atoms with E-state index >= 15 is 0 Å². The summed E-state index contributed by atoms with van der Waals surface area (Å²) in [5.74, 6) is -0.372. The van der Waals surface area contributed by atoms with E-state index in [0.29, 0.717) is 17.0 Å². The summed E-state index contributed by atoms with van der Waals surface area (Å²) in [6.45, 7) is 1.99. The van der Waals surface area contributed by atoms with E-state index in [2.05, 4.69) is 15.5 Å². The zero-order chi connectivity index (χ0) is 18.7. The van der Waals surface area contributed by atoms with Crippen molar-refractivity contribution >= 4 is 11.4 Å². The van der Waals surface area contributed by atoms with Crippen molar-refractivity contribution in [1.82, 2.24) is 25.1 Å². The highest BCUT2D eigenvalue weighted by molar-refractivity contribution is 6.28. The van der Waals surface area contributed by atoms with Gasteiger partial charge in [-0.2, -0.15) is 4.68 Å². The predicted molar refractivity (Wildman–Crippen MR) is 96.3 cm³/mol. The molecule has 0 saturated carbocycles. The van der Waals surface area contributed by atoms with E-state index in [1.54, 1.807) is 25.2 Å². The minimum atomic E-state index is -0.399. The molecule has 0 fully saturated rings. The SMILES string of the molecule is Cc1ccc(-n2nnnc2C(=CN(C)C)C(=O)c2ccc(F)cc2)cc1. The van der Waals surface area contributed by atoms with Crippen LogP contribution in [0.15, 0.2) is 54.7 Å². The molecule has 6 nitrogen and oxygen atoms in total. The Labute approximate surface area is 150 Å². The van der Waals surface area contributed by atoms with Crippen LogP contribution < -0.4 is 0 Å². The first-order valence-electron chi connectivity index (χ1n) is 8.00. The van der Waals surface area contributed by atoms with Crippen molar-refractivity contribution in [1.29, 1.82) is 0 Å². The van der Waals surface area contributed by atoms with Gasteiger partial charge in [0.1, 0.15) is 5.82 Å². The van der Waals surface area contributed by atoms with Crippen LogP contribution in [-0.2, 0) is 0 Å². The lowest BCUT2D eigenvalue weighted by Gasteiger charge is -2.12. The van der Waals surface area contributed by atoms with Gasteiger partial charge >= 0.3 is 0 Å². The van der Waals surface area contributed by atoms with Crippen LogP contribution in [0.25, 0.3) is 11.3 Å². The third kappa shape index (κ3) is 3.66. The Morgan fingerprint density at radius 2 is 1.73 bits per heavy atom. The first-order chi connectivity index (χ1) is 12.5. The molecule has 1 heterocycles. The van der Waals surface area contributed by atoms with E-state index < -0.39 is 5.82 Å². The maximum Gasteiger partial charge on any atom is 0.198 e. The number of nitrogens with zero attached hydrogens (tertiary/aromatic N) is 5. The van der Waals surface area contributed by atoms with E-state index in [-0.39, 0.29) is 5.78 Å². The van der Waals surface area contributed by atoms with Crippen LogP contribution in [0.4, 0.5) is 4.39 Å². The Balaban J connectivity index is 2.08. The summed E-state index contributed by atoms with van der Waals surface area (Å²) >= 11 is 0. The Bertz CT molecular complexity index is 943. The van der Waals surface area contributed by atoms with Crippen molar-refractivity contribution in [2.75, 3.05) is 14.1 Å². The summed E-state index contributed by atoms with van der Waals surface area (Å²) in [5.41, 5.74) is 2.52.